The molecule has 4 aromatic carbocycles. The number of nitrogens with one attached hydrogen (secondary N) is 1. The number of hydrogen-bond acceptors (Lipinski definition) is 6. The van der Waals surface area contributed by atoms with Crippen LogP contribution in [0, 0.1) is 10.1 Å². The first kappa shape index (κ1) is 25.3. The number of amides is 1. The van der Waals surface area contributed by atoms with Crippen LogP contribution in [0.3, 0.4) is 0 Å². The smallest absolute Gasteiger partial charge is 0.256 e. The summed E-state index contributed by atoms with van der Waals surface area (Å²) in [7, 11) is 3.32. The lowest BCUT2D eigenvalue weighted by molar-refractivity contribution is -0.534. The van der Waals surface area contributed by atoms with Gasteiger partial charge in [-0.3, -0.25) is 19.8 Å². The van der Waals surface area contributed by atoms with E-state index in [4.69, 9.17) is 9.47 Å². The van der Waals surface area contributed by atoms with E-state index >= 15 is 0 Å². The normalized spacial score (nSPS) is 22.2. The fraction of sp³-hybridized carbons (Fsp3) is 0.233. The fourth-order valence-corrected chi connectivity index (χ4v) is 6.82. The Morgan fingerprint density at radius 2 is 1.85 bits per heavy atom. The molecule has 1 saturated heterocycles. The maximum absolute atomic E-state index is 13.4. The zero-order valence-electron chi connectivity index (χ0n) is 21.4. The van der Waals surface area contributed by atoms with E-state index in [-0.39, 0.29) is 10.8 Å². The van der Waals surface area contributed by atoms with Gasteiger partial charge in [0.15, 0.2) is 17.0 Å². The van der Waals surface area contributed by atoms with E-state index in [0.29, 0.717) is 45.9 Å². The van der Waals surface area contributed by atoms with Crippen LogP contribution in [0.4, 0.5) is 5.69 Å². The Balaban J connectivity index is 1.37. The Kier molecular flexibility index (Phi) is 6.28. The average Bonchev–Trinajstić information content (AvgIpc) is 3.41. The lowest BCUT2D eigenvalue weighted by Crippen LogP contribution is -2.54. The number of nitrogens with zero attached hydrogens (tertiary/aromatic N) is 2. The van der Waals surface area contributed by atoms with Gasteiger partial charge in [0.25, 0.3) is 11.9 Å². The summed E-state index contributed by atoms with van der Waals surface area (Å²) in [6.07, 6.45) is 0. The zero-order chi connectivity index (χ0) is 27.3. The standard InChI is InChI=1S/C30H26BrN3O5/c1-33-16-22(28(34(36)37)30(33)23-12-5-6-13-25(23)32-29(30)35)20-14-24(31)27(26(15-20)38-2)39-17-19-10-7-9-18-8-3-4-11-21(18)19/h3-15,22,28H,16-17H2,1-2H3,(H,32,35)/t22-,28-,30-/m0/s1. The molecule has 0 bridgehead atoms. The Labute approximate surface area is 233 Å². The zero-order valence-corrected chi connectivity index (χ0v) is 23.0. The van der Waals surface area contributed by atoms with Gasteiger partial charge in [0.1, 0.15) is 6.61 Å². The molecule has 6 rings (SSSR count). The van der Waals surface area contributed by atoms with Gasteiger partial charge in [-0.2, -0.15) is 0 Å². The van der Waals surface area contributed by atoms with E-state index in [9.17, 15) is 14.9 Å². The lowest BCUT2D eigenvalue weighted by Gasteiger charge is -2.30. The number of carbonyl (C=O) groups excluding carboxylic acids is 1. The molecule has 198 valence electrons. The monoisotopic (exact) mass is 587 g/mol. The Morgan fingerprint density at radius 1 is 1.10 bits per heavy atom. The van der Waals surface area contributed by atoms with Crippen LogP contribution in [0.25, 0.3) is 10.8 Å². The molecule has 0 unspecified atom stereocenters. The molecule has 9 heteroatoms. The summed E-state index contributed by atoms with van der Waals surface area (Å²) < 4.78 is 12.6. The maximum atomic E-state index is 13.4. The van der Waals surface area contributed by atoms with Crippen LogP contribution in [0.15, 0.2) is 83.3 Å². The van der Waals surface area contributed by atoms with E-state index in [1.165, 1.54) is 0 Å². The van der Waals surface area contributed by atoms with E-state index in [1.54, 1.807) is 43.3 Å². The van der Waals surface area contributed by atoms with Crippen molar-refractivity contribution in [2.24, 2.45) is 0 Å². The summed E-state index contributed by atoms with van der Waals surface area (Å²) in [5, 5.41) is 17.8. The molecule has 0 aliphatic carbocycles. The number of hydrogen-bond donors (Lipinski definition) is 1. The first-order valence-corrected chi connectivity index (χ1v) is 13.4. The highest BCUT2D eigenvalue weighted by molar-refractivity contribution is 9.10. The van der Waals surface area contributed by atoms with Gasteiger partial charge in [-0.1, -0.05) is 60.7 Å². The fourth-order valence-electron chi connectivity index (χ4n) is 6.24. The molecular weight excluding hydrogens is 562 g/mol. The first-order valence-electron chi connectivity index (χ1n) is 12.6. The van der Waals surface area contributed by atoms with Crippen LogP contribution >= 0.6 is 15.9 Å². The van der Waals surface area contributed by atoms with Crippen LogP contribution in [0.1, 0.15) is 22.6 Å². The van der Waals surface area contributed by atoms with Crippen LogP contribution in [-0.2, 0) is 16.9 Å². The van der Waals surface area contributed by atoms with Crippen molar-refractivity contribution < 1.29 is 19.2 Å². The second-order valence-corrected chi connectivity index (χ2v) is 10.8. The quantitative estimate of drug-likeness (QED) is 0.229. The topological polar surface area (TPSA) is 93.9 Å². The van der Waals surface area contributed by atoms with Gasteiger partial charge in [0, 0.05) is 22.7 Å². The first-order chi connectivity index (χ1) is 18.9. The minimum atomic E-state index is -1.41. The van der Waals surface area contributed by atoms with Gasteiger partial charge in [-0.15, -0.1) is 0 Å². The molecule has 0 radical (unpaired) electrons. The highest BCUT2D eigenvalue weighted by atomic mass is 79.9. The lowest BCUT2D eigenvalue weighted by atomic mass is 9.79. The SMILES string of the molecule is COc1cc([C@@H]2CN(C)[C@]3(C(=O)Nc4ccccc43)[C@H]2[N+](=O)[O-])cc(Br)c1OCc1cccc2ccccc12. The van der Waals surface area contributed by atoms with Gasteiger partial charge < -0.3 is 14.8 Å². The van der Waals surface area contributed by atoms with Crippen molar-refractivity contribution in [2.45, 2.75) is 24.1 Å². The summed E-state index contributed by atoms with van der Waals surface area (Å²) in [5.74, 6) is 0.0224. The molecule has 1 fully saturated rings. The van der Waals surface area contributed by atoms with Gasteiger partial charge in [-0.05, 0) is 63.1 Å². The number of carbonyl (C=O) groups is 1. The van der Waals surface area contributed by atoms with E-state index < -0.39 is 17.5 Å². The third kappa shape index (κ3) is 3.87. The molecule has 0 saturated carbocycles. The van der Waals surface area contributed by atoms with Crippen LogP contribution in [0.5, 0.6) is 11.5 Å². The second-order valence-electron chi connectivity index (χ2n) is 9.94. The number of benzene rings is 4. The molecule has 2 aliphatic rings. The minimum absolute atomic E-state index is 0.318. The predicted molar refractivity (Wildman–Crippen MR) is 152 cm³/mol. The Bertz CT molecular complexity index is 1620. The van der Waals surface area contributed by atoms with Crippen molar-refractivity contribution >= 4 is 38.3 Å². The molecule has 39 heavy (non-hydrogen) atoms. The summed E-state index contributed by atoms with van der Waals surface area (Å²) >= 11 is 3.63. The Hall–Kier alpha value is -3.95. The van der Waals surface area contributed by atoms with Gasteiger partial charge >= 0.3 is 0 Å². The number of likely N-dealkylation sites (tertiary alicyclic amines) is 1. The molecule has 1 spiro atoms. The number of nitro groups is 1. The maximum Gasteiger partial charge on any atom is 0.256 e. The van der Waals surface area contributed by atoms with Crippen molar-refractivity contribution in [3.8, 4) is 11.5 Å². The number of likely N-dealkylation sites (N-methyl/N-ethyl adjacent to an activating group) is 1. The summed E-state index contributed by atoms with van der Waals surface area (Å²) in [6, 6.07) is 23.8. The predicted octanol–water partition coefficient (Wildman–Crippen LogP) is 5.71. The van der Waals surface area contributed by atoms with Crippen molar-refractivity contribution in [1.82, 2.24) is 4.90 Å². The van der Waals surface area contributed by atoms with E-state index in [0.717, 1.165) is 16.3 Å². The summed E-state index contributed by atoms with van der Waals surface area (Å²) in [4.78, 5) is 27.5. The number of methoxy groups -OCH3 is 1. The summed E-state index contributed by atoms with van der Waals surface area (Å²) in [5.41, 5.74) is 1.55. The molecule has 1 amide bonds. The third-order valence-corrected chi connectivity index (χ3v) is 8.56. The number of para-hydroxylation sites is 1. The van der Waals surface area contributed by atoms with Crippen LogP contribution in [-0.4, -0.2) is 42.5 Å². The van der Waals surface area contributed by atoms with Crippen molar-refractivity contribution in [1.29, 1.82) is 0 Å². The summed E-state index contributed by atoms with van der Waals surface area (Å²) in [6.45, 7) is 0.638. The highest BCUT2D eigenvalue weighted by Gasteiger charge is 2.68. The van der Waals surface area contributed by atoms with Crippen LogP contribution < -0.4 is 14.8 Å². The number of rotatable bonds is 6. The van der Waals surface area contributed by atoms with Crippen molar-refractivity contribution in [3.63, 3.8) is 0 Å². The van der Waals surface area contributed by atoms with Crippen LogP contribution in [0.2, 0.25) is 0 Å². The largest absolute Gasteiger partial charge is 0.493 e. The minimum Gasteiger partial charge on any atom is -0.493 e. The molecule has 2 aliphatic heterocycles. The number of halogens is 1. The molecular formula is C30H26BrN3O5. The molecule has 3 atom stereocenters. The molecule has 0 aromatic heterocycles. The number of ether oxygens (including phenoxy) is 2. The van der Waals surface area contributed by atoms with Gasteiger partial charge in [-0.25, -0.2) is 0 Å². The van der Waals surface area contributed by atoms with Crippen molar-refractivity contribution in [3.05, 3.63) is 110 Å². The molecule has 2 heterocycles. The molecule has 1 N–H and O–H groups in total. The van der Waals surface area contributed by atoms with Crippen molar-refractivity contribution in [2.75, 3.05) is 26.0 Å². The number of fused-ring (bicyclic) bond motifs is 3. The Morgan fingerprint density at radius 3 is 2.64 bits per heavy atom. The van der Waals surface area contributed by atoms with E-state index in [1.807, 2.05) is 36.4 Å². The van der Waals surface area contributed by atoms with Gasteiger partial charge in [0.2, 0.25) is 0 Å². The molecule has 8 nitrogen and oxygen atoms in total. The molecule has 4 aromatic rings. The van der Waals surface area contributed by atoms with Gasteiger partial charge in [0.05, 0.1) is 17.5 Å². The third-order valence-electron chi connectivity index (χ3n) is 7.97. The average molecular weight is 588 g/mol. The highest BCUT2D eigenvalue weighted by Crippen LogP contribution is 2.53. The number of anilines is 1. The second kappa shape index (κ2) is 9.66. The van der Waals surface area contributed by atoms with E-state index in [2.05, 4.69) is 39.4 Å².